The zero-order valence-corrected chi connectivity index (χ0v) is 18.4. The van der Waals surface area contributed by atoms with Crippen molar-refractivity contribution in [2.24, 2.45) is 0 Å². The van der Waals surface area contributed by atoms with Crippen LogP contribution in [0.2, 0.25) is 0 Å². The summed E-state index contributed by atoms with van der Waals surface area (Å²) in [5, 5.41) is 8.59. The van der Waals surface area contributed by atoms with Crippen LogP contribution in [0.1, 0.15) is 60.6 Å². The fourth-order valence-corrected chi connectivity index (χ4v) is 3.40. The Morgan fingerprint density at radius 3 is 2.53 bits per heavy atom. The highest BCUT2D eigenvalue weighted by Gasteiger charge is 2.35. The summed E-state index contributed by atoms with van der Waals surface area (Å²) in [5.41, 5.74) is 1.57. The number of nitrogens with one attached hydrogen (secondary N) is 1. The maximum Gasteiger partial charge on any atom is 0.276 e. The van der Waals surface area contributed by atoms with Crippen LogP contribution in [0, 0.1) is 6.92 Å². The van der Waals surface area contributed by atoms with Crippen LogP contribution >= 0.6 is 11.5 Å². The maximum atomic E-state index is 13.5. The number of nitrogens with zero attached hydrogens (tertiary/aromatic N) is 3. The lowest BCUT2D eigenvalue weighted by Crippen LogP contribution is -2.50. The Morgan fingerprint density at radius 2 is 1.97 bits per heavy atom. The van der Waals surface area contributed by atoms with E-state index in [1.54, 1.807) is 23.8 Å². The quantitative estimate of drug-likeness (QED) is 0.585. The van der Waals surface area contributed by atoms with Crippen LogP contribution in [0.3, 0.4) is 0 Å². The van der Waals surface area contributed by atoms with Crippen molar-refractivity contribution in [3.63, 3.8) is 0 Å². The number of aromatic nitrogens is 2. The molecular formula is C22H26N4O3S. The van der Waals surface area contributed by atoms with Crippen LogP contribution in [-0.4, -0.2) is 31.8 Å². The SMILES string of the molecule is CCC(C)(C)NC(=O)C(c1ccc(C)cc1)N(Cc1ccco1)C(=O)c1csnn1. The average Bonchev–Trinajstić information content (AvgIpc) is 3.42. The van der Waals surface area contributed by atoms with Crippen molar-refractivity contribution >= 4 is 23.3 Å². The number of hydrogen-bond acceptors (Lipinski definition) is 6. The van der Waals surface area contributed by atoms with Gasteiger partial charge in [-0.05, 0) is 56.4 Å². The Kier molecular flexibility index (Phi) is 6.66. The molecule has 3 rings (SSSR count). The van der Waals surface area contributed by atoms with Gasteiger partial charge in [0.2, 0.25) is 5.91 Å². The topological polar surface area (TPSA) is 88.3 Å². The predicted octanol–water partition coefficient (Wildman–Crippen LogP) is 4.13. The van der Waals surface area contributed by atoms with Crippen molar-refractivity contribution in [3.8, 4) is 0 Å². The van der Waals surface area contributed by atoms with Gasteiger partial charge in [-0.3, -0.25) is 9.59 Å². The Morgan fingerprint density at radius 1 is 1.23 bits per heavy atom. The Balaban J connectivity index is 2.05. The Bertz CT molecular complexity index is 967. The number of aryl methyl sites for hydroxylation is 1. The molecule has 1 N–H and O–H groups in total. The van der Waals surface area contributed by atoms with E-state index in [9.17, 15) is 9.59 Å². The molecule has 1 atom stereocenters. The van der Waals surface area contributed by atoms with Gasteiger partial charge in [0, 0.05) is 10.9 Å². The number of hydrogen-bond donors (Lipinski definition) is 1. The first-order valence-electron chi connectivity index (χ1n) is 9.79. The van der Waals surface area contributed by atoms with E-state index < -0.39 is 11.6 Å². The normalized spacial score (nSPS) is 12.4. The summed E-state index contributed by atoms with van der Waals surface area (Å²) in [7, 11) is 0. The molecule has 0 aliphatic rings. The Labute approximate surface area is 180 Å². The zero-order chi connectivity index (χ0) is 21.7. The molecule has 2 aromatic heterocycles. The van der Waals surface area contributed by atoms with Gasteiger partial charge in [-0.2, -0.15) is 0 Å². The number of furan rings is 1. The zero-order valence-electron chi connectivity index (χ0n) is 17.6. The highest BCUT2D eigenvalue weighted by Crippen LogP contribution is 2.27. The largest absolute Gasteiger partial charge is 0.467 e. The lowest BCUT2D eigenvalue weighted by molar-refractivity contribution is -0.127. The van der Waals surface area contributed by atoms with Gasteiger partial charge in [-0.25, -0.2) is 0 Å². The summed E-state index contributed by atoms with van der Waals surface area (Å²) in [4.78, 5) is 28.3. The number of rotatable bonds is 8. The van der Waals surface area contributed by atoms with E-state index in [-0.39, 0.29) is 24.1 Å². The molecular weight excluding hydrogens is 400 g/mol. The van der Waals surface area contributed by atoms with Gasteiger partial charge in [-0.1, -0.05) is 41.2 Å². The molecule has 8 heteroatoms. The third-order valence-electron chi connectivity index (χ3n) is 5.04. The first-order valence-corrected chi connectivity index (χ1v) is 10.6. The van der Waals surface area contributed by atoms with Gasteiger partial charge in [0.25, 0.3) is 5.91 Å². The van der Waals surface area contributed by atoms with Crippen LogP contribution < -0.4 is 5.32 Å². The van der Waals surface area contributed by atoms with Crippen molar-refractivity contribution in [1.82, 2.24) is 19.8 Å². The summed E-state index contributed by atoms with van der Waals surface area (Å²) in [6.45, 7) is 8.03. The fourth-order valence-electron chi connectivity index (χ4n) is 2.97. The molecule has 1 aromatic carbocycles. The van der Waals surface area contributed by atoms with E-state index in [0.717, 1.165) is 23.5 Å². The molecule has 0 fully saturated rings. The molecule has 1 unspecified atom stereocenters. The lowest BCUT2D eigenvalue weighted by atomic mass is 9.98. The fraction of sp³-hybridized carbons (Fsp3) is 0.364. The van der Waals surface area contributed by atoms with E-state index in [1.807, 2.05) is 52.0 Å². The summed E-state index contributed by atoms with van der Waals surface area (Å²) in [6.07, 6.45) is 2.30. The minimum atomic E-state index is -0.851. The molecule has 0 bridgehead atoms. The standard InChI is InChI=1S/C22H26N4O3S/c1-5-22(3,4)23-20(27)19(16-10-8-15(2)9-11-16)26(13-17-7-6-12-29-17)21(28)18-14-30-25-24-18/h6-12,14,19H,5,13H2,1-4H3,(H,23,27). The lowest BCUT2D eigenvalue weighted by Gasteiger charge is -2.33. The van der Waals surface area contributed by atoms with Gasteiger partial charge in [0.15, 0.2) is 5.69 Å². The van der Waals surface area contributed by atoms with Crippen molar-refractivity contribution < 1.29 is 14.0 Å². The minimum Gasteiger partial charge on any atom is -0.467 e. The van der Waals surface area contributed by atoms with Crippen LogP contribution in [0.25, 0.3) is 0 Å². The van der Waals surface area contributed by atoms with Crippen LogP contribution in [0.5, 0.6) is 0 Å². The smallest absolute Gasteiger partial charge is 0.276 e. The molecule has 2 heterocycles. The van der Waals surface area contributed by atoms with E-state index in [4.69, 9.17) is 4.42 Å². The molecule has 30 heavy (non-hydrogen) atoms. The van der Waals surface area contributed by atoms with Crippen LogP contribution in [0.4, 0.5) is 0 Å². The monoisotopic (exact) mass is 426 g/mol. The first-order chi connectivity index (χ1) is 14.3. The van der Waals surface area contributed by atoms with Gasteiger partial charge in [0.05, 0.1) is 12.8 Å². The second-order valence-corrected chi connectivity index (χ2v) is 8.45. The summed E-state index contributed by atoms with van der Waals surface area (Å²) in [5.74, 6) is -0.0600. The maximum absolute atomic E-state index is 13.5. The van der Waals surface area contributed by atoms with E-state index >= 15 is 0 Å². The second-order valence-electron chi connectivity index (χ2n) is 7.84. The predicted molar refractivity (Wildman–Crippen MR) is 115 cm³/mol. The third-order valence-corrected chi connectivity index (χ3v) is 5.55. The molecule has 2 amide bonds. The number of carbonyl (C=O) groups excluding carboxylic acids is 2. The molecule has 0 aliphatic heterocycles. The summed E-state index contributed by atoms with van der Waals surface area (Å²) >= 11 is 1.09. The minimum absolute atomic E-state index is 0.127. The summed E-state index contributed by atoms with van der Waals surface area (Å²) < 4.78 is 9.28. The van der Waals surface area contributed by atoms with Crippen LogP contribution in [0.15, 0.2) is 52.5 Å². The molecule has 0 radical (unpaired) electrons. The van der Waals surface area contributed by atoms with Gasteiger partial charge in [-0.15, -0.1) is 5.10 Å². The van der Waals surface area contributed by atoms with E-state index in [1.165, 1.54) is 4.90 Å². The highest BCUT2D eigenvalue weighted by atomic mass is 32.1. The molecule has 7 nitrogen and oxygen atoms in total. The Hall–Kier alpha value is -3.00. The third kappa shape index (κ3) is 5.13. The van der Waals surface area contributed by atoms with Crippen molar-refractivity contribution in [1.29, 1.82) is 0 Å². The number of carbonyl (C=O) groups is 2. The molecule has 0 saturated carbocycles. The van der Waals surface area contributed by atoms with Gasteiger partial charge >= 0.3 is 0 Å². The van der Waals surface area contributed by atoms with Crippen molar-refractivity contribution in [2.75, 3.05) is 0 Å². The molecule has 0 aliphatic carbocycles. The number of benzene rings is 1. The second kappa shape index (κ2) is 9.21. The molecule has 0 saturated heterocycles. The van der Waals surface area contributed by atoms with Crippen molar-refractivity contribution in [2.45, 2.75) is 52.2 Å². The average molecular weight is 427 g/mol. The van der Waals surface area contributed by atoms with Crippen molar-refractivity contribution in [3.05, 3.63) is 70.6 Å². The van der Waals surface area contributed by atoms with Crippen LogP contribution in [-0.2, 0) is 11.3 Å². The number of amides is 2. The molecule has 0 spiro atoms. The first kappa shape index (κ1) is 21.7. The van der Waals surface area contributed by atoms with Gasteiger partial charge < -0.3 is 14.6 Å². The molecule has 3 aromatic rings. The molecule has 158 valence electrons. The van der Waals surface area contributed by atoms with E-state index in [2.05, 4.69) is 14.9 Å². The summed E-state index contributed by atoms with van der Waals surface area (Å²) in [6, 6.07) is 10.3. The van der Waals surface area contributed by atoms with E-state index in [0.29, 0.717) is 11.3 Å². The highest BCUT2D eigenvalue weighted by molar-refractivity contribution is 7.03. The van der Waals surface area contributed by atoms with Gasteiger partial charge in [0.1, 0.15) is 11.8 Å².